The van der Waals surface area contributed by atoms with Crippen molar-refractivity contribution in [3.8, 4) is 11.5 Å². The monoisotopic (exact) mass is 549 g/mol. The lowest BCUT2D eigenvalue weighted by Crippen LogP contribution is -2.20. The van der Waals surface area contributed by atoms with E-state index in [0.717, 1.165) is 58.9 Å². The first-order chi connectivity index (χ1) is 19.9. The lowest BCUT2D eigenvalue weighted by Gasteiger charge is -2.18. The molecule has 5 rings (SSSR count). The average molecular weight is 550 g/mol. The number of hydrogen-bond acceptors (Lipinski definition) is 5. The Morgan fingerprint density at radius 2 is 1.54 bits per heavy atom. The topological polar surface area (TPSA) is 83.7 Å². The third kappa shape index (κ3) is 6.26. The SMILES string of the molecule is COc1ccc(CN(C)CCc2ccc(NC(=O)Cc3cccc4c(=O)c5cccc(C)c5[nH]c34)cc2)cc1OC. The van der Waals surface area contributed by atoms with Gasteiger partial charge in [0.05, 0.1) is 31.7 Å². The highest BCUT2D eigenvalue weighted by molar-refractivity contribution is 5.98. The fourth-order valence-corrected chi connectivity index (χ4v) is 5.20. The average Bonchev–Trinajstić information content (AvgIpc) is 2.98. The molecule has 5 aromatic rings. The lowest BCUT2D eigenvalue weighted by molar-refractivity contribution is -0.115. The molecule has 0 fully saturated rings. The minimum Gasteiger partial charge on any atom is -0.493 e. The van der Waals surface area contributed by atoms with Gasteiger partial charge in [0.1, 0.15) is 0 Å². The van der Waals surface area contributed by atoms with Crippen LogP contribution in [0, 0.1) is 6.92 Å². The summed E-state index contributed by atoms with van der Waals surface area (Å²) in [6.07, 6.45) is 1.04. The van der Waals surface area contributed by atoms with Gasteiger partial charge >= 0.3 is 0 Å². The first-order valence-corrected chi connectivity index (χ1v) is 13.7. The number of amides is 1. The number of nitrogens with zero attached hydrogens (tertiary/aromatic N) is 1. The molecule has 41 heavy (non-hydrogen) atoms. The van der Waals surface area contributed by atoms with Crippen LogP contribution in [-0.2, 0) is 24.2 Å². The minimum absolute atomic E-state index is 0.0235. The van der Waals surface area contributed by atoms with Gasteiger partial charge in [-0.25, -0.2) is 0 Å². The van der Waals surface area contributed by atoms with Crippen molar-refractivity contribution in [1.82, 2.24) is 9.88 Å². The van der Waals surface area contributed by atoms with Crippen LogP contribution in [0.4, 0.5) is 5.69 Å². The van der Waals surface area contributed by atoms with Crippen LogP contribution in [0.3, 0.4) is 0 Å². The van der Waals surface area contributed by atoms with E-state index in [9.17, 15) is 9.59 Å². The van der Waals surface area contributed by atoms with Crippen molar-refractivity contribution in [1.29, 1.82) is 0 Å². The van der Waals surface area contributed by atoms with Gasteiger partial charge in [0, 0.05) is 29.5 Å². The van der Waals surface area contributed by atoms with Crippen molar-refractivity contribution in [2.24, 2.45) is 0 Å². The molecule has 1 amide bonds. The molecule has 0 aliphatic rings. The van der Waals surface area contributed by atoms with Crippen molar-refractivity contribution < 1.29 is 14.3 Å². The van der Waals surface area contributed by atoms with Gasteiger partial charge < -0.3 is 24.7 Å². The van der Waals surface area contributed by atoms with Crippen molar-refractivity contribution in [3.05, 3.63) is 111 Å². The Kier molecular flexibility index (Phi) is 8.36. The molecule has 0 aliphatic heterocycles. The quantitative estimate of drug-likeness (QED) is 0.213. The zero-order valence-corrected chi connectivity index (χ0v) is 23.9. The normalized spacial score (nSPS) is 11.2. The molecule has 7 nitrogen and oxygen atoms in total. The molecule has 4 aromatic carbocycles. The maximum Gasteiger partial charge on any atom is 0.228 e. The lowest BCUT2D eigenvalue weighted by atomic mass is 10.0. The molecular formula is C34H35N3O4. The first-order valence-electron chi connectivity index (χ1n) is 13.7. The van der Waals surface area contributed by atoms with Gasteiger partial charge in [-0.15, -0.1) is 0 Å². The number of carbonyl (C=O) groups excluding carboxylic acids is 1. The van der Waals surface area contributed by atoms with Gasteiger partial charge in [0.15, 0.2) is 16.9 Å². The first kappa shape index (κ1) is 27.9. The van der Waals surface area contributed by atoms with Gasteiger partial charge in [-0.05, 0) is 79.0 Å². The van der Waals surface area contributed by atoms with Crippen LogP contribution in [0.15, 0.2) is 83.7 Å². The van der Waals surface area contributed by atoms with Gasteiger partial charge in [-0.2, -0.15) is 0 Å². The Morgan fingerprint density at radius 1 is 0.854 bits per heavy atom. The summed E-state index contributed by atoms with van der Waals surface area (Å²) in [5.41, 5.74) is 6.36. The van der Waals surface area contributed by atoms with E-state index in [-0.39, 0.29) is 17.8 Å². The second-order valence-electron chi connectivity index (χ2n) is 10.4. The van der Waals surface area contributed by atoms with E-state index >= 15 is 0 Å². The van der Waals surface area contributed by atoms with Crippen LogP contribution in [-0.4, -0.2) is 43.6 Å². The van der Waals surface area contributed by atoms with Crippen molar-refractivity contribution >= 4 is 33.4 Å². The molecule has 210 valence electrons. The van der Waals surface area contributed by atoms with Crippen molar-refractivity contribution in [2.75, 3.05) is 33.1 Å². The number of para-hydroxylation sites is 2. The van der Waals surface area contributed by atoms with Crippen molar-refractivity contribution in [2.45, 2.75) is 26.3 Å². The molecule has 0 saturated heterocycles. The van der Waals surface area contributed by atoms with Gasteiger partial charge in [0.25, 0.3) is 0 Å². The predicted octanol–water partition coefficient (Wildman–Crippen LogP) is 5.86. The van der Waals surface area contributed by atoms with Crippen LogP contribution in [0.5, 0.6) is 11.5 Å². The predicted molar refractivity (Wildman–Crippen MR) is 165 cm³/mol. The molecule has 0 atom stereocenters. The molecule has 0 aliphatic carbocycles. The number of anilines is 1. The van der Waals surface area contributed by atoms with E-state index < -0.39 is 0 Å². The summed E-state index contributed by atoms with van der Waals surface area (Å²) in [5.74, 6) is 1.32. The van der Waals surface area contributed by atoms with E-state index in [4.69, 9.17) is 9.47 Å². The smallest absolute Gasteiger partial charge is 0.228 e. The number of carbonyl (C=O) groups is 1. The molecule has 0 spiro atoms. The summed E-state index contributed by atoms with van der Waals surface area (Å²) in [6, 6.07) is 25.2. The maximum absolute atomic E-state index is 13.1. The Balaban J connectivity index is 1.20. The molecule has 0 bridgehead atoms. The molecule has 1 aromatic heterocycles. The van der Waals surface area contributed by atoms with Crippen LogP contribution in [0.2, 0.25) is 0 Å². The number of aromatic amines is 1. The van der Waals surface area contributed by atoms with Crippen LogP contribution >= 0.6 is 0 Å². The van der Waals surface area contributed by atoms with Crippen LogP contribution in [0.1, 0.15) is 22.3 Å². The number of H-pyrrole nitrogens is 1. The Labute approximate surface area is 239 Å². The highest BCUT2D eigenvalue weighted by Crippen LogP contribution is 2.28. The molecule has 7 heteroatoms. The standard InChI is InChI=1S/C34H35N3O4/c1-22-7-5-9-27-32(22)36-33-25(8-6-10-28(33)34(27)39)20-31(38)35-26-14-11-23(12-15-26)17-18-37(2)21-24-13-16-29(40-3)30(19-24)41-4/h5-16,19H,17-18,20-21H2,1-4H3,(H,35,38)(H,36,39). The fraction of sp³-hybridized carbons (Fsp3) is 0.235. The summed E-state index contributed by atoms with van der Waals surface area (Å²) in [4.78, 5) is 31.8. The number of nitrogens with one attached hydrogen (secondary N) is 2. The van der Waals surface area contributed by atoms with E-state index in [0.29, 0.717) is 16.3 Å². The number of fused-ring (bicyclic) bond motifs is 2. The molecular weight excluding hydrogens is 514 g/mol. The Bertz CT molecular complexity index is 1760. The Hall–Kier alpha value is -4.62. The maximum atomic E-state index is 13.1. The van der Waals surface area contributed by atoms with Crippen LogP contribution < -0.4 is 20.2 Å². The summed E-state index contributed by atoms with van der Waals surface area (Å²) in [6.45, 7) is 3.65. The fourth-order valence-electron chi connectivity index (χ4n) is 5.20. The summed E-state index contributed by atoms with van der Waals surface area (Å²) >= 11 is 0. The number of aromatic nitrogens is 1. The van der Waals surface area contributed by atoms with Gasteiger partial charge in [0.2, 0.25) is 5.91 Å². The van der Waals surface area contributed by atoms with Gasteiger partial charge in [-0.3, -0.25) is 9.59 Å². The molecule has 0 unspecified atom stereocenters. The minimum atomic E-state index is -0.134. The highest BCUT2D eigenvalue weighted by atomic mass is 16.5. The summed E-state index contributed by atoms with van der Waals surface area (Å²) in [5, 5.41) is 4.25. The van der Waals surface area contributed by atoms with E-state index in [1.54, 1.807) is 20.3 Å². The summed E-state index contributed by atoms with van der Waals surface area (Å²) in [7, 11) is 5.37. The van der Waals surface area contributed by atoms with Gasteiger partial charge in [-0.1, -0.05) is 42.5 Å². The second kappa shape index (κ2) is 12.3. The number of hydrogen-bond donors (Lipinski definition) is 2. The second-order valence-corrected chi connectivity index (χ2v) is 10.4. The van der Waals surface area contributed by atoms with E-state index in [1.807, 2.05) is 73.7 Å². The summed E-state index contributed by atoms with van der Waals surface area (Å²) < 4.78 is 10.7. The van der Waals surface area contributed by atoms with E-state index in [2.05, 4.69) is 28.3 Å². The number of ether oxygens (including phenoxy) is 2. The van der Waals surface area contributed by atoms with Crippen molar-refractivity contribution in [3.63, 3.8) is 0 Å². The molecule has 0 radical (unpaired) electrons. The van der Waals surface area contributed by atoms with Crippen LogP contribution in [0.25, 0.3) is 21.8 Å². The Morgan fingerprint density at radius 3 is 2.27 bits per heavy atom. The molecule has 2 N–H and O–H groups in total. The zero-order chi connectivity index (χ0) is 28.9. The number of rotatable bonds is 10. The third-order valence-electron chi connectivity index (χ3n) is 7.43. The third-order valence-corrected chi connectivity index (χ3v) is 7.43. The number of benzene rings is 4. The number of methoxy groups -OCH3 is 2. The number of pyridine rings is 1. The largest absolute Gasteiger partial charge is 0.493 e. The highest BCUT2D eigenvalue weighted by Gasteiger charge is 2.13. The zero-order valence-electron chi connectivity index (χ0n) is 23.9. The van der Waals surface area contributed by atoms with E-state index in [1.165, 1.54) is 5.56 Å². The molecule has 0 saturated carbocycles. The number of likely N-dealkylation sites (N-methyl/N-ethyl adjacent to an activating group) is 1. The molecule has 1 heterocycles. The number of aryl methyl sites for hydroxylation is 1.